The highest BCUT2D eigenvalue weighted by Crippen LogP contribution is 2.35. The number of hydrogen-bond donors (Lipinski definition) is 10. The normalized spacial score (nSPS) is 28.9. The van der Waals surface area contributed by atoms with E-state index >= 15 is 0 Å². The maximum absolute atomic E-state index is 13.8. The molecule has 3 rings (SSSR count). The second-order valence-electron chi connectivity index (χ2n) is 22.4. The van der Waals surface area contributed by atoms with Crippen molar-refractivity contribution in [3.63, 3.8) is 0 Å². The summed E-state index contributed by atoms with van der Waals surface area (Å²) in [4.78, 5) is 79.8. The van der Waals surface area contributed by atoms with Crippen LogP contribution in [0.5, 0.6) is 0 Å². The summed E-state index contributed by atoms with van der Waals surface area (Å²) in [6.45, 7) is 20.5. The first-order chi connectivity index (χ1) is 32.0. The van der Waals surface area contributed by atoms with Gasteiger partial charge in [-0.3, -0.25) is 14.4 Å². The topological polar surface area (TPSA) is 337 Å². The van der Waals surface area contributed by atoms with Gasteiger partial charge in [0.15, 0.2) is 6.29 Å². The fourth-order valence-electron chi connectivity index (χ4n) is 7.85. The second kappa shape index (κ2) is 24.2. The molecule has 0 spiro atoms. The highest BCUT2D eigenvalue weighted by molar-refractivity contribution is 5.82. The Kier molecular flexibility index (Phi) is 20.7. The third-order valence-corrected chi connectivity index (χ3v) is 10.8. The van der Waals surface area contributed by atoms with Gasteiger partial charge >= 0.3 is 18.3 Å². The number of amides is 6. The number of aliphatic hydroxyl groups excluding tert-OH is 3. The number of nitrogens with one attached hydrogen (secondary N) is 5. The summed E-state index contributed by atoms with van der Waals surface area (Å²) in [5.41, 5.74) is 1.03. The van der Waals surface area contributed by atoms with Crippen molar-refractivity contribution in [2.75, 3.05) is 33.3 Å². The lowest BCUT2D eigenvalue weighted by atomic mass is 9.82. The molecule has 6 amide bonds. The van der Waals surface area contributed by atoms with Crippen molar-refractivity contribution in [2.45, 2.75) is 205 Å². The number of nitrogens with zero attached hydrogens (tertiary/aromatic N) is 1. The molecule has 24 heteroatoms. The summed E-state index contributed by atoms with van der Waals surface area (Å²) in [5.74, 6) is -1.81. The van der Waals surface area contributed by atoms with E-state index < -0.39 is 144 Å². The Bertz CT molecular complexity index is 1840. The van der Waals surface area contributed by atoms with E-state index in [1.54, 1.807) is 68.4 Å². The molecule has 12 atom stereocenters. The average Bonchev–Trinajstić information content (AvgIpc) is 3.18. The summed E-state index contributed by atoms with van der Waals surface area (Å²) < 4.78 is 40.8. The van der Waals surface area contributed by atoms with E-state index in [0.717, 1.165) is 0 Å². The lowest BCUT2D eigenvalue weighted by molar-refractivity contribution is -0.311. The Morgan fingerprint density at radius 2 is 1.31 bits per heavy atom. The van der Waals surface area contributed by atoms with Gasteiger partial charge in [0.1, 0.15) is 65.2 Å². The van der Waals surface area contributed by atoms with Crippen molar-refractivity contribution in [1.29, 1.82) is 0 Å². The molecule has 24 nitrogen and oxygen atoms in total. The molecule has 1 saturated heterocycles. The molecular weight excluding hydrogens is 923 g/mol. The lowest BCUT2D eigenvalue weighted by Gasteiger charge is -2.51. The molecule has 70 heavy (non-hydrogen) atoms. The van der Waals surface area contributed by atoms with Crippen LogP contribution in [0.15, 0.2) is 11.8 Å². The average molecular weight is 1000 g/mol. The van der Waals surface area contributed by atoms with E-state index in [1.165, 1.54) is 18.9 Å². The van der Waals surface area contributed by atoms with Crippen LogP contribution in [-0.2, 0) is 47.5 Å². The molecular formula is C46H81N7O17. The van der Waals surface area contributed by atoms with Crippen LogP contribution in [0, 0.1) is 5.41 Å². The number of carbonyl (C=O) groups is 6. The molecule has 0 aromatic carbocycles. The molecule has 402 valence electrons. The first-order valence-electron chi connectivity index (χ1n) is 23.5. The van der Waals surface area contributed by atoms with Gasteiger partial charge in [-0.2, -0.15) is 0 Å². The molecule has 3 aliphatic rings. The number of carbonyl (C=O) groups excluding carboxylic acids is 6. The van der Waals surface area contributed by atoms with Gasteiger partial charge in [0.2, 0.25) is 24.0 Å². The Hall–Kier alpha value is -4.56. The molecule has 1 aliphatic carbocycles. The largest absolute Gasteiger partial charge is 0.466 e. The van der Waals surface area contributed by atoms with Crippen LogP contribution in [0.3, 0.4) is 0 Å². The molecule has 11 N–H and O–H groups in total. The predicted molar refractivity (Wildman–Crippen MR) is 250 cm³/mol. The number of hydrogen-bond acceptors (Lipinski definition) is 18. The van der Waals surface area contributed by atoms with Gasteiger partial charge in [0, 0.05) is 20.0 Å². The smallest absolute Gasteiger partial charge is 0.408 e. The van der Waals surface area contributed by atoms with E-state index in [4.69, 9.17) is 38.9 Å². The molecule has 0 aromatic heterocycles. The van der Waals surface area contributed by atoms with Gasteiger partial charge in [-0.25, -0.2) is 14.4 Å². The molecule has 2 fully saturated rings. The maximum atomic E-state index is 13.8. The number of nitrogens with two attached hydrogens (primary N) is 1. The quantitative estimate of drug-likeness (QED) is 0.0942. The predicted octanol–water partition coefficient (Wildman–Crippen LogP) is 0.505. The first-order valence-corrected chi connectivity index (χ1v) is 23.5. The Morgan fingerprint density at radius 1 is 0.786 bits per heavy atom. The van der Waals surface area contributed by atoms with E-state index in [1.807, 2.05) is 20.8 Å². The molecule has 1 saturated carbocycles. The molecule has 2 heterocycles. The number of rotatable bonds is 16. The SMILES string of the molecule is CN(C(=O)CC(C)(C)C)[C@@H]1[C@@H](O)[C@@H](O[C@@H]2[C@@H](O)[C@H](O[C@H]3OC(CN)=CC[C@H]3NC(=O)CNC(=O)OC(C)(C)C)[C@@H](NC(=O)OC(C)(C)C)C[C@H]2NC(=O)[C@@H](O)CCNC(=O)OC(C)(C)C)OC[C@]1(C)O. The van der Waals surface area contributed by atoms with Gasteiger partial charge in [-0.1, -0.05) is 20.8 Å². The monoisotopic (exact) mass is 1000 g/mol. The maximum Gasteiger partial charge on any atom is 0.408 e. The summed E-state index contributed by atoms with van der Waals surface area (Å²) in [6, 6.07) is -4.91. The Labute approximate surface area is 410 Å². The van der Waals surface area contributed by atoms with Crippen molar-refractivity contribution in [2.24, 2.45) is 11.1 Å². The van der Waals surface area contributed by atoms with Crippen molar-refractivity contribution in [1.82, 2.24) is 31.5 Å². The van der Waals surface area contributed by atoms with Gasteiger partial charge < -0.3 is 90.8 Å². The summed E-state index contributed by atoms with van der Waals surface area (Å²) in [6.07, 6.45) is -13.1. The van der Waals surface area contributed by atoms with E-state index in [9.17, 15) is 49.2 Å². The number of aliphatic hydroxyl groups is 4. The number of alkyl carbamates (subject to hydrolysis) is 3. The van der Waals surface area contributed by atoms with Crippen LogP contribution in [-0.4, -0.2) is 184 Å². The molecule has 0 radical (unpaired) electrons. The third-order valence-electron chi connectivity index (χ3n) is 10.8. The third kappa shape index (κ3) is 19.2. The second-order valence-corrected chi connectivity index (χ2v) is 22.4. The lowest BCUT2D eigenvalue weighted by Crippen LogP contribution is -2.70. The zero-order chi connectivity index (χ0) is 53.3. The van der Waals surface area contributed by atoms with Gasteiger partial charge in [0.25, 0.3) is 0 Å². The highest BCUT2D eigenvalue weighted by Gasteiger charge is 2.55. The van der Waals surface area contributed by atoms with E-state index in [0.29, 0.717) is 0 Å². The van der Waals surface area contributed by atoms with Crippen LogP contribution in [0.25, 0.3) is 0 Å². The Morgan fingerprint density at radius 3 is 1.86 bits per heavy atom. The Balaban J connectivity index is 2.06. The van der Waals surface area contributed by atoms with Crippen molar-refractivity contribution < 1.29 is 82.4 Å². The molecule has 0 aromatic rings. The van der Waals surface area contributed by atoms with Crippen LogP contribution in [0.2, 0.25) is 0 Å². The molecule has 0 bridgehead atoms. The summed E-state index contributed by atoms with van der Waals surface area (Å²) in [7, 11) is 1.42. The minimum atomic E-state index is -1.90. The zero-order valence-corrected chi connectivity index (χ0v) is 43.2. The minimum absolute atomic E-state index is 0.0529. The van der Waals surface area contributed by atoms with Crippen molar-refractivity contribution in [3.8, 4) is 0 Å². The highest BCUT2D eigenvalue weighted by atomic mass is 16.7. The van der Waals surface area contributed by atoms with Crippen molar-refractivity contribution in [3.05, 3.63) is 11.8 Å². The number of ether oxygens (including phenoxy) is 7. The van der Waals surface area contributed by atoms with Crippen LogP contribution < -0.4 is 32.3 Å². The van der Waals surface area contributed by atoms with Gasteiger partial charge in [-0.05, 0) is 100.0 Å². The standard InChI is InChI=1S/C46H81N7O17/c1-42(2,3)20-30(56)53(14)35-32(58)38(64-23-46(35,13)63)67-33-26(51-36(59)28(54)17-18-48-39(60)68-43(4,5)6)19-27(52-41(62)70-45(10,11)12)34(31(33)57)66-37-25(16-15-24(21-47)65-37)50-29(55)22-49-40(61)69-44(7,8)9/h15,25-28,31-35,37-38,54,57-58,63H,16-23,47H2,1-14H3,(H,48,60)(H,49,61)(H,50,55)(H,51,59)(H,52,62)/t25-,26-,27+,28+,31-,32-,33+,34-,35-,37-,38-,46+/m1/s1. The fourth-order valence-corrected chi connectivity index (χ4v) is 7.85. The fraction of sp³-hybridized carbons (Fsp3) is 0.826. The van der Waals surface area contributed by atoms with Gasteiger partial charge in [0.05, 0.1) is 37.3 Å². The first kappa shape index (κ1) is 59.7. The van der Waals surface area contributed by atoms with Gasteiger partial charge in [-0.15, -0.1) is 0 Å². The van der Waals surface area contributed by atoms with Crippen molar-refractivity contribution >= 4 is 36.0 Å². The molecule has 2 aliphatic heterocycles. The molecule has 0 unspecified atom stereocenters. The number of likely N-dealkylation sites (N-methyl/N-ethyl adjacent to an activating group) is 1. The van der Waals surface area contributed by atoms with Crippen LogP contribution >= 0.6 is 0 Å². The van der Waals surface area contributed by atoms with Crippen LogP contribution in [0.4, 0.5) is 14.4 Å². The summed E-state index contributed by atoms with van der Waals surface area (Å²) in [5, 5.41) is 59.9. The van der Waals surface area contributed by atoms with Crippen LogP contribution in [0.1, 0.15) is 116 Å². The minimum Gasteiger partial charge on any atom is -0.466 e. The zero-order valence-electron chi connectivity index (χ0n) is 43.2. The summed E-state index contributed by atoms with van der Waals surface area (Å²) >= 11 is 0. The van der Waals surface area contributed by atoms with E-state index in [2.05, 4.69) is 26.6 Å². The van der Waals surface area contributed by atoms with E-state index in [-0.39, 0.29) is 44.5 Å².